The van der Waals surface area contributed by atoms with Crippen molar-refractivity contribution in [1.82, 2.24) is 20.5 Å². The number of aromatic nitrogens is 3. The lowest BCUT2D eigenvalue weighted by Gasteiger charge is -2.13. The maximum Gasteiger partial charge on any atom is 0.148 e. The van der Waals surface area contributed by atoms with Gasteiger partial charge in [-0.15, -0.1) is 16.4 Å². The van der Waals surface area contributed by atoms with Crippen LogP contribution in [0.15, 0.2) is 60.8 Å². The van der Waals surface area contributed by atoms with E-state index in [0.29, 0.717) is 17.1 Å². The summed E-state index contributed by atoms with van der Waals surface area (Å²) >= 11 is 1.37. The number of hydrogen-bond acceptors (Lipinski definition) is 7. The van der Waals surface area contributed by atoms with Gasteiger partial charge in [0.1, 0.15) is 11.1 Å². The lowest BCUT2D eigenvalue weighted by atomic mass is 10.0. The maximum atomic E-state index is 10.7. The van der Waals surface area contributed by atoms with Crippen LogP contribution in [0.4, 0.5) is 5.69 Å². The number of nitrogens with zero attached hydrogens (tertiary/aromatic N) is 3. The summed E-state index contributed by atoms with van der Waals surface area (Å²) in [6.45, 7) is 4.39. The van der Waals surface area contributed by atoms with Crippen LogP contribution in [0.5, 0.6) is 0 Å². The number of para-hydroxylation sites is 1. The zero-order valence-electron chi connectivity index (χ0n) is 17.8. The number of nitrogen functional groups attached to an aromatic ring is 1. The number of aryl methyl sites for hydroxylation is 2. The van der Waals surface area contributed by atoms with Gasteiger partial charge in [-0.05, 0) is 36.6 Å². The molecular weight excluding hydrogens is 418 g/mol. The first-order valence-electron chi connectivity index (χ1n) is 10.4. The van der Waals surface area contributed by atoms with Gasteiger partial charge in [0.2, 0.25) is 0 Å². The molecule has 0 amide bonds. The molecule has 32 heavy (non-hydrogen) atoms. The van der Waals surface area contributed by atoms with Gasteiger partial charge < -0.3 is 10.8 Å². The molecule has 5 rings (SSSR count). The molecule has 0 spiro atoms. The van der Waals surface area contributed by atoms with Gasteiger partial charge in [0.25, 0.3) is 0 Å². The zero-order valence-corrected chi connectivity index (χ0v) is 18.6. The average molecular weight is 442 g/mol. The number of nitrogens with one attached hydrogen (secondary N) is 1. The van der Waals surface area contributed by atoms with E-state index >= 15 is 0 Å². The van der Waals surface area contributed by atoms with Crippen molar-refractivity contribution in [3.05, 3.63) is 82.5 Å². The minimum Gasteiger partial charge on any atom is -0.397 e. The monoisotopic (exact) mass is 441 g/mol. The molecule has 0 saturated heterocycles. The molecule has 0 radical (unpaired) electrons. The fourth-order valence-electron chi connectivity index (χ4n) is 3.91. The number of nitrogens with two attached hydrogens (primary N) is 1. The largest absolute Gasteiger partial charge is 0.397 e. The van der Waals surface area contributed by atoms with Crippen molar-refractivity contribution in [2.75, 3.05) is 5.73 Å². The van der Waals surface area contributed by atoms with Crippen LogP contribution < -0.4 is 11.1 Å². The minimum atomic E-state index is -0.879. The van der Waals surface area contributed by atoms with Crippen LogP contribution in [0.25, 0.3) is 32.2 Å². The topological polar surface area (TPSA) is 97.0 Å². The smallest absolute Gasteiger partial charge is 0.148 e. The number of aliphatic hydroxyl groups excluding tert-OH is 1. The first-order valence-corrected chi connectivity index (χ1v) is 11.2. The minimum absolute atomic E-state index is 0.507. The number of thiophene rings is 1. The van der Waals surface area contributed by atoms with E-state index in [-0.39, 0.29) is 0 Å². The number of anilines is 1. The number of benzene rings is 2. The van der Waals surface area contributed by atoms with Crippen molar-refractivity contribution < 1.29 is 5.11 Å². The lowest BCUT2D eigenvalue weighted by Crippen LogP contribution is -2.20. The van der Waals surface area contributed by atoms with Crippen LogP contribution in [-0.2, 0) is 6.54 Å². The average Bonchev–Trinajstić information content (AvgIpc) is 3.17. The molecule has 2 aromatic carbocycles. The summed E-state index contributed by atoms with van der Waals surface area (Å²) in [7, 11) is 0. The Morgan fingerprint density at radius 3 is 2.62 bits per heavy atom. The van der Waals surface area contributed by atoms with Crippen molar-refractivity contribution in [1.29, 1.82) is 0 Å². The molecule has 4 N–H and O–H groups in total. The molecule has 0 saturated carbocycles. The second-order valence-corrected chi connectivity index (χ2v) is 8.86. The summed E-state index contributed by atoms with van der Waals surface area (Å²) < 4.78 is 0. The van der Waals surface area contributed by atoms with Crippen LogP contribution in [0.1, 0.15) is 27.9 Å². The number of aliphatic hydroxyl groups is 1. The highest BCUT2D eigenvalue weighted by atomic mass is 32.1. The molecule has 3 heterocycles. The Kier molecular flexibility index (Phi) is 5.30. The van der Waals surface area contributed by atoms with Crippen molar-refractivity contribution in [2.24, 2.45) is 0 Å². The molecule has 0 bridgehead atoms. The van der Waals surface area contributed by atoms with E-state index in [1.54, 1.807) is 0 Å². The second kappa shape index (κ2) is 8.27. The van der Waals surface area contributed by atoms with Crippen LogP contribution in [0.2, 0.25) is 0 Å². The molecular formula is C25H23N5OS. The van der Waals surface area contributed by atoms with Crippen molar-refractivity contribution in [2.45, 2.75) is 26.6 Å². The van der Waals surface area contributed by atoms with E-state index in [9.17, 15) is 5.11 Å². The summed E-state index contributed by atoms with van der Waals surface area (Å²) in [4.78, 5) is 5.96. The van der Waals surface area contributed by atoms with Crippen molar-refractivity contribution in [3.63, 3.8) is 0 Å². The fraction of sp³-hybridized carbons (Fsp3) is 0.160. The second-order valence-electron chi connectivity index (χ2n) is 7.83. The van der Waals surface area contributed by atoms with Gasteiger partial charge >= 0.3 is 0 Å². The van der Waals surface area contributed by atoms with E-state index in [4.69, 9.17) is 5.73 Å². The summed E-state index contributed by atoms with van der Waals surface area (Å²) in [6.07, 6.45) is 0.940. The Morgan fingerprint density at radius 1 is 1.03 bits per heavy atom. The third-order valence-corrected chi connectivity index (χ3v) is 6.95. The van der Waals surface area contributed by atoms with Crippen LogP contribution in [-0.4, -0.2) is 20.3 Å². The van der Waals surface area contributed by atoms with Gasteiger partial charge in [-0.3, -0.25) is 10.3 Å². The van der Waals surface area contributed by atoms with Gasteiger partial charge in [0.15, 0.2) is 0 Å². The van der Waals surface area contributed by atoms with Crippen LogP contribution >= 0.6 is 11.3 Å². The highest BCUT2D eigenvalue weighted by molar-refractivity contribution is 7.19. The molecule has 3 aromatic heterocycles. The first-order chi connectivity index (χ1) is 15.5. The van der Waals surface area contributed by atoms with Gasteiger partial charge in [0, 0.05) is 29.1 Å². The summed E-state index contributed by atoms with van der Waals surface area (Å²) in [5.41, 5.74) is 13.0. The molecule has 5 aromatic rings. The summed E-state index contributed by atoms with van der Waals surface area (Å²) in [5, 5.41) is 24.3. The van der Waals surface area contributed by atoms with E-state index in [2.05, 4.69) is 63.0 Å². The van der Waals surface area contributed by atoms with Gasteiger partial charge in [-0.1, -0.05) is 48.5 Å². The normalized spacial score (nSPS) is 12.5. The third-order valence-electron chi connectivity index (χ3n) is 5.81. The Bertz CT molecular complexity index is 1420. The van der Waals surface area contributed by atoms with Crippen molar-refractivity contribution >= 4 is 38.1 Å². The third kappa shape index (κ3) is 3.60. The predicted octanol–water partition coefficient (Wildman–Crippen LogP) is 4.89. The Labute approximate surface area is 189 Å². The van der Waals surface area contributed by atoms with Gasteiger partial charge in [-0.2, -0.15) is 5.10 Å². The SMILES string of the molecule is Cc1nnc2sc(C(O)NCc3ccc(-c4cccc5cccnc45)cc3)c(N)c2c1C. The molecule has 1 unspecified atom stereocenters. The van der Waals surface area contributed by atoms with E-state index in [1.165, 1.54) is 11.3 Å². The molecule has 160 valence electrons. The number of pyridine rings is 1. The van der Waals surface area contributed by atoms with Crippen LogP contribution in [0.3, 0.4) is 0 Å². The highest BCUT2D eigenvalue weighted by Crippen LogP contribution is 2.37. The van der Waals surface area contributed by atoms with E-state index in [1.807, 2.05) is 32.2 Å². The number of hydrogen-bond donors (Lipinski definition) is 3. The zero-order chi connectivity index (χ0) is 22.2. The maximum absolute atomic E-state index is 10.7. The predicted molar refractivity (Wildman–Crippen MR) is 130 cm³/mol. The number of rotatable bonds is 5. The van der Waals surface area contributed by atoms with E-state index < -0.39 is 6.23 Å². The summed E-state index contributed by atoms with van der Waals surface area (Å²) in [5.74, 6) is 0. The highest BCUT2D eigenvalue weighted by Gasteiger charge is 2.20. The molecule has 0 aliphatic rings. The van der Waals surface area contributed by atoms with Crippen LogP contribution in [0, 0.1) is 13.8 Å². The molecule has 0 aliphatic heterocycles. The van der Waals surface area contributed by atoms with Crippen molar-refractivity contribution in [3.8, 4) is 11.1 Å². The Hall–Kier alpha value is -3.39. The Morgan fingerprint density at radius 2 is 1.81 bits per heavy atom. The molecule has 0 aliphatic carbocycles. The summed E-state index contributed by atoms with van der Waals surface area (Å²) in [6, 6.07) is 18.5. The first kappa shape index (κ1) is 20.5. The van der Waals surface area contributed by atoms with Gasteiger partial charge in [0.05, 0.1) is 21.8 Å². The molecule has 0 fully saturated rings. The standard InChI is InChI=1S/C25H23N5OS/c1-14-15(2)29-30-25-20(14)21(26)23(32-25)24(31)28-13-16-8-10-17(11-9-16)19-7-3-5-18-6-4-12-27-22(18)19/h3-12,24,28,31H,13,26H2,1-2H3. The molecule has 6 nitrogen and oxygen atoms in total. The molecule has 7 heteroatoms. The molecule has 1 atom stereocenters. The van der Waals surface area contributed by atoms with E-state index in [0.717, 1.165) is 49.1 Å². The Balaban J connectivity index is 1.34. The van der Waals surface area contributed by atoms with Gasteiger partial charge in [-0.25, -0.2) is 0 Å². The quantitative estimate of drug-likeness (QED) is 0.336. The lowest BCUT2D eigenvalue weighted by molar-refractivity contribution is 0.141. The fourth-order valence-corrected chi connectivity index (χ4v) is 4.97. The number of fused-ring (bicyclic) bond motifs is 2.